The Morgan fingerprint density at radius 1 is 1.58 bits per heavy atom. The molecule has 6 nitrogen and oxygen atoms in total. The largest absolute Gasteiger partial charge is 0.351 e. The van der Waals surface area contributed by atoms with Crippen LogP contribution in [0.2, 0.25) is 0 Å². The van der Waals surface area contributed by atoms with E-state index >= 15 is 0 Å². The van der Waals surface area contributed by atoms with Crippen LogP contribution in [-0.2, 0) is 0 Å². The molecule has 1 heterocycles. The van der Waals surface area contributed by atoms with Gasteiger partial charge >= 0.3 is 6.03 Å². The van der Waals surface area contributed by atoms with Crippen LogP contribution in [0.15, 0.2) is 0 Å². The summed E-state index contributed by atoms with van der Waals surface area (Å²) in [5.41, 5.74) is 5.23. The lowest BCUT2D eigenvalue weighted by molar-refractivity contribution is 0.0969. The molecule has 1 aromatic heterocycles. The Kier molecular flexibility index (Phi) is 2.34. The molecule has 0 aromatic carbocycles. The van der Waals surface area contributed by atoms with Crippen molar-refractivity contribution in [3.05, 3.63) is 10.6 Å². The highest BCUT2D eigenvalue weighted by atomic mass is 32.1. The number of amides is 3. The molecule has 0 spiro atoms. The van der Waals surface area contributed by atoms with E-state index in [1.54, 1.807) is 6.92 Å². The second-order valence-corrected chi connectivity index (χ2v) is 2.76. The number of carbonyl (C=O) groups excluding carboxylic acids is 2. The molecule has 0 aliphatic carbocycles. The van der Waals surface area contributed by atoms with Crippen molar-refractivity contribution in [1.29, 1.82) is 0 Å². The number of nitrogens with one attached hydrogen (secondary N) is 1. The van der Waals surface area contributed by atoms with Crippen LogP contribution in [0, 0.1) is 6.92 Å². The maximum absolute atomic E-state index is 11.1. The standard InChI is InChI=1S/C5H6N4O2S/c1-2-3(12-9-8-2)4(10)7-5(6)11/h1H3,(H3,6,7,10,11). The number of hydrogen-bond donors (Lipinski definition) is 2. The van der Waals surface area contributed by atoms with Crippen molar-refractivity contribution in [3.8, 4) is 0 Å². The first-order valence-electron chi connectivity index (χ1n) is 3.01. The number of aromatic nitrogens is 2. The number of aryl methyl sites for hydroxylation is 1. The van der Waals surface area contributed by atoms with Gasteiger partial charge in [-0.15, -0.1) is 5.10 Å². The van der Waals surface area contributed by atoms with E-state index in [0.717, 1.165) is 11.5 Å². The first-order chi connectivity index (χ1) is 5.61. The number of imide groups is 1. The van der Waals surface area contributed by atoms with Crippen molar-refractivity contribution in [2.24, 2.45) is 5.73 Å². The average molecular weight is 186 g/mol. The summed E-state index contributed by atoms with van der Waals surface area (Å²) in [4.78, 5) is 21.6. The second-order valence-electron chi connectivity index (χ2n) is 2.01. The molecule has 64 valence electrons. The van der Waals surface area contributed by atoms with E-state index in [1.807, 2.05) is 5.32 Å². The smallest absolute Gasteiger partial charge is 0.319 e. The lowest BCUT2D eigenvalue weighted by Crippen LogP contribution is -2.34. The molecule has 1 aromatic rings. The van der Waals surface area contributed by atoms with Crippen molar-refractivity contribution < 1.29 is 9.59 Å². The van der Waals surface area contributed by atoms with Gasteiger partial charge < -0.3 is 5.73 Å². The normalized spacial score (nSPS) is 9.42. The Hall–Kier alpha value is -1.50. The fourth-order valence-corrected chi connectivity index (χ4v) is 1.16. The third kappa shape index (κ3) is 1.76. The molecule has 0 saturated carbocycles. The van der Waals surface area contributed by atoms with Crippen molar-refractivity contribution in [2.75, 3.05) is 0 Å². The molecule has 0 aliphatic heterocycles. The van der Waals surface area contributed by atoms with Crippen LogP contribution < -0.4 is 11.1 Å². The number of nitrogens with two attached hydrogens (primary N) is 1. The summed E-state index contributed by atoms with van der Waals surface area (Å²) < 4.78 is 3.53. The van der Waals surface area contributed by atoms with Crippen LogP contribution in [0.5, 0.6) is 0 Å². The molecule has 3 N–H and O–H groups in total. The van der Waals surface area contributed by atoms with Crippen molar-refractivity contribution in [1.82, 2.24) is 14.9 Å². The van der Waals surface area contributed by atoms with Crippen molar-refractivity contribution >= 4 is 23.5 Å². The number of urea groups is 1. The van der Waals surface area contributed by atoms with E-state index in [4.69, 9.17) is 5.73 Å². The molecule has 0 unspecified atom stereocenters. The van der Waals surface area contributed by atoms with Crippen LogP contribution >= 0.6 is 11.5 Å². The van der Waals surface area contributed by atoms with Gasteiger partial charge in [0, 0.05) is 0 Å². The highest BCUT2D eigenvalue weighted by Gasteiger charge is 2.13. The molecule has 12 heavy (non-hydrogen) atoms. The van der Waals surface area contributed by atoms with Gasteiger partial charge in [0.1, 0.15) is 4.88 Å². The Morgan fingerprint density at radius 3 is 2.67 bits per heavy atom. The van der Waals surface area contributed by atoms with Crippen LogP contribution in [0.25, 0.3) is 0 Å². The van der Waals surface area contributed by atoms with Gasteiger partial charge in [0.15, 0.2) is 0 Å². The predicted molar refractivity (Wildman–Crippen MR) is 41.7 cm³/mol. The zero-order valence-corrected chi connectivity index (χ0v) is 7.01. The Morgan fingerprint density at radius 2 is 2.25 bits per heavy atom. The minimum absolute atomic E-state index is 0.300. The zero-order chi connectivity index (χ0) is 9.14. The summed E-state index contributed by atoms with van der Waals surface area (Å²) in [6, 6.07) is -0.882. The maximum Gasteiger partial charge on any atom is 0.319 e. The molecule has 0 aliphatic rings. The summed E-state index contributed by atoms with van der Waals surface area (Å²) in [6.45, 7) is 1.62. The fourth-order valence-electron chi connectivity index (χ4n) is 0.608. The fraction of sp³-hybridized carbons (Fsp3) is 0.200. The molecular formula is C5H6N4O2S. The molecule has 0 atom stereocenters. The van der Waals surface area contributed by atoms with E-state index in [2.05, 4.69) is 9.59 Å². The highest BCUT2D eigenvalue weighted by molar-refractivity contribution is 7.08. The van der Waals surface area contributed by atoms with Crippen LogP contribution in [0.3, 0.4) is 0 Å². The third-order valence-electron chi connectivity index (χ3n) is 1.09. The van der Waals surface area contributed by atoms with Crippen LogP contribution in [0.1, 0.15) is 15.4 Å². The molecule has 3 amide bonds. The van der Waals surface area contributed by atoms with Gasteiger partial charge in [-0.05, 0) is 18.5 Å². The minimum atomic E-state index is -0.882. The van der Waals surface area contributed by atoms with E-state index in [0.29, 0.717) is 10.6 Å². The van der Waals surface area contributed by atoms with Gasteiger partial charge in [-0.3, -0.25) is 10.1 Å². The number of carbonyl (C=O) groups is 2. The summed E-state index contributed by atoms with van der Waals surface area (Å²) in [6.07, 6.45) is 0. The molecule has 0 radical (unpaired) electrons. The quantitative estimate of drug-likeness (QED) is 0.626. The van der Waals surface area contributed by atoms with E-state index in [-0.39, 0.29) is 0 Å². The van der Waals surface area contributed by atoms with E-state index < -0.39 is 11.9 Å². The molecule has 1 rings (SSSR count). The Bertz CT molecular complexity index is 321. The summed E-state index contributed by atoms with van der Waals surface area (Å²) in [5.74, 6) is -0.560. The Balaban J connectivity index is 2.78. The molecule has 0 saturated heterocycles. The number of hydrogen-bond acceptors (Lipinski definition) is 5. The lowest BCUT2D eigenvalue weighted by atomic mass is 10.4. The Labute approximate surface area is 71.9 Å². The third-order valence-corrected chi connectivity index (χ3v) is 1.92. The van der Waals surface area contributed by atoms with Crippen LogP contribution in [-0.4, -0.2) is 21.5 Å². The van der Waals surface area contributed by atoms with E-state index in [1.165, 1.54) is 0 Å². The average Bonchev–Trinajstić information content (AvgIpc) is 2.33. The number of rotatable bonds is 1. The molecule has 0 fully saturated rings. The summed E-state index contributed by atoms with van der Waals surface area (Å²) in [7, 11) is 0. The number of nitrogens with zero attached hydrogens (tertiary/aromatic N) is 2. The second kappa shape index (κ2) is 3.26. The van der Waals surface area contributed by atoms with Gasteiger partial charge in [0.05, 0.1) is 5.69 Å². The monoisotopic (exact) mass is 186 g/mol. The topological polar surface area (TPSA) is 98.0 Å². The van der Waals surface area contributed by atoms with Crippen LogP contribution in [0.4, 0.5) is 4.79 Å². The van der Waals surface area contributed by atoms with Crippen molar-refractivity contribution in [3.63, 3.8) is 0 Å². The summed E-state index contributed by atoms with van der Waals surface area (Å²) >= 11 is 0.919. The number of primary amides is 1. The van der Waals surface area contributed by atoms with Gasteiger partial charge in [0.2, 0.25) is 0 Å². The van der Waals surface area contributed by atoms with Gasteiger partial charge in [-0.1, -0.05) is 4.49 Å². The minimum Gasteiger partial charge on any atom is -0.351 e. The van der Waals surface area contributed by atoms with Crippen molar-refractivity contribution in [2.45, 2.75) is 6.92 Å². The first kappa shape index (κ1) is 8.60. The zero-order valence-electron chi connectivity index (χ0n) is 6.20. The lowest BCUT2D eigenvalue weighted by Gasteiger charge is -1.95. The molecular weight excluding hydrogens is 180 g/mol. The van der Waals surface area contributed by atoms with Gasteiger partial charge in [-0.2, -0.15) is 0 Å². The first-order valence-corrected chi connectivity index (χ1v) is 3.78. The predicted octanol–water partition coefficient (Wildman–Crippen LogP) is -0.345. The van der Waals surface area contributed by atoms with E-state index in [9.17, 15) is 9.59 Å². The summed E-state index contributed by atoms with van der Waals surface area (Å²) in [5, 5.41) is 5.52. The highest BCUT2D eigenvalue weighted by Crippen LogP contribution is 2.07. The molecule has 7 heteroatoms. The van der Waals surface area contributed by atoms with Gasteiger partial charge in [-0.25, -0.2) is 4.79 Å². The maximum atomic E-state index is 11.1. The molecule has 0 bridgehead atoms. The van der Waals surface area contributed by atoms with Gasteiger partial charge in [0.25, 0.3) is 5.91 Å². The SMILES string of the molecule is Cc1nnsc1C(=O)NC(N)=O.